The monoisotopic (exact) mass is 356 g/mol. The second-order valence-electron chi connectivity index (χ2n) is 5.64. The zero-order valence-corrected chi connectivity index (χ0v) is 14.9. The quantitative estimate of drug-likeness (QED) is 0.880. The molecule has 0 spiro atoms. The van der Waals surface area contributed by atoms with E-state index in [4.69, 9.17) is 15.2 Å². The maximum atomic E-state index is 5.86. The third kappa shape index (κ3) is 3.05. The van der Waals surface area contributed by atoms with Gasteiger partial charge in [0.2, 0.25) is 0 Å². The minimum Gasteiger partial charge on any atom is -0.493 e. The molecule has 0 aromatic heterocycles. The molecule has 2 unspecified atom stereocenters. The van der Waals surface area contributed by atoms with E-state index >= 15 is 0 Å². The van der Waals surface area contributed by atoms with Crippen molar-refractivity contribution in [1.29, 1.82) is 0 Å². The second-order valence-corrected chi connectivity index (χ2v) is 6.49. The molecule has 2 N–H and O–H groups in total. The molecule has 1 aliphatic rings. The number of hydrogen-bond donors (Lipinski definition) is 1. The molecule has 0 radical (unpaired) electrons. The van der Waals surface area contributed by atoms with Gasteiger partial charge in [0.25, 0.3) is 0 Å². The minimum absolute atomic E-state index is 0.393. The first-order valence-electron chi connectivity index (χ1n) is 7.40. The van der Waals surface area contributed by atoms with E-state index in [1.807, 2.05) is 0 Å². The van der Waals surface area contributed by atoms with Crippen LogP contribution in [0.25, 0.3) is 0 Å². The van der Waals surface area contributed by atoms with E-state index in [0.29, 0.717) is 12.0 Å². The second kappa shape index (κ2) is 6.99. The topological polar surface area (TPSA) is 47.7 Å². The summed E-state index contributed by atoms with van der Waals surface area (Å²) in [5.41, 5.74) is 8.41. The van der Waals surface area contributed by atoms with Crippen LogP contribution in [0, 0.1) is 5.92 Å². The molecule has 21 heavy (non-hydrogen) atoms. The highest BCUT2D eigenvalue weighted by Gasteiger charge is 2.32. The fourth-order valence-corrected chi connectivity index (χ4v) is 3.96. The Bertz CT molecular complexity index is 508. The lowest BCUT2D eigenvalue weighted by Crippen LogP contribution is -2.21. The molecule has 118 valence electrons. The summed E-state index contributed by atoms with van der Waals surface area (Å²) in [5.74, 6) is 2.18. The average molecular weight is 357 g/mol. The predicted octanol–water partition coefficient (Wildman–Crippen LogP) is 2.98. The highest BCUT2D eigenvalue weighted by atomic mass is 79.9. The number of nitrogens with two attached hydrogens (primary N) is 1. The summed E-state index contributed by atoms with van der Waals surface area (Å²) in [6.07, 6.45) is 2.02. The maximum absolute atomic E-state index is 5.86. The summed E-state index contributed by atoms with van der Waals surface area (Å²) in [6, 6.07) is 2.57. The van der Waals surface area contributed by atoms with Crippen LogP contribution in [0.3, 0.4) is 0 Å². The third-order valence-electron chi connectivity index (χ3n) is 4.42. The highest BCUT2D eigenvalue weighted by Crippen LogP contribution is 2.45. The number of ether oxygens (including phenoxy) is 2. The molecule has 1 aliphatic heterocycles. The number of benzene rings is 1. The number of hydrogen-bond acceptors (Lipinski definition) is 4. The van der Waals surface area contributed by atoms with Gasteiger partial charge in [-0.1, -0.05) is 6.92 Å². The van der Waals surface area contributed by atoms with Crippen LogP contribution in [-0.4, -0.2) is 39.3 Å². The first-order chi connectivity index (χ1) is 10.1. The lowest BCUT2D eigenvalue weighted by Gasteiger charge is -2.25. The van der Waals surface area contributed by atoms with Crippen molar-refractivity contribution in [1.82, 2.24) is 4.90 Å². The first kappa shape index (κ1) is 16.6. The van der Waals surface area contributed by atoms with Crippen LogP contribution < -0.4 is 15.2 Å². The van der Waals surface area contributed by atoms with Gasteiger partial charge in [0.1, 0.15) is 0 Å². The lowest BCUT2D eigenvalue weighted by molar-refractivity contribution is 0.308. The smallest absolute Gasteiger partial charge is 0.175 e. The van der Waals surface area contributed by atoms with Crippen LogP contribution in [0.5, 0.6) is 11.5 Å². The molecule has 1 aromatic carbocycles. The van der Waals surface area contributed by atoms with E-state index < -0.39 is 0 Å². The van der Waals surface area contributed by atoms with Crippen molar-refractivity contribution in [3.8, 4) is 11.5 Å². The van der Waals surface area contributed by atoms with Gasteiger partial charge in [-0.3, -0.25) is 4.90 Å². The van der Waals surface area contributed by atoms with Crippen molar-refractivity contribution in [3.63, 3.8) is 0 Å². The Kier molecular flexibility index (Phi) is 5.52. The zero-order chi connectivity index (χ0) is 15.6. The molecule has 1 aromatic rings. The van der Waals surface area contributed by atoms with Crippen LogP contribution in [0.15, 0.2) is 10.5 Å². The fraction of sp³-hybridized carbons (Fsp3) is 0.625. The van der Waals surface area contributed by atoms with E-state index in [-0.39, 0.29) is 0 Å². The Morgan fingerprint density at radius 2 is 2.00 bits per heavy atom. The SMILES string of the molecule is CCc1c(C2CC(CN)CN2C)cc(Br)c(OC)c1OC. The molecule has 2 rings (SSSR count). The van der Waals surface area contributed by atoms with E-state index in [2.05, 4.69) is 40.9 Å². The molecule has 1 saturated heterocycles. The van der Waals surface area contributed by atoms with Crippen molar-refractivity contribution in [3.05, 3.63) is 21.7 Å². The van der Waals surface area contributed by atoms with Gasteiger partial charge in [-0.15, -0.1) is 0 Å². The summed E-state index contributed by atoms with van der Waals surface area (Å²) in [6.45, 7) is 3.96. The molecule has 0 saturated carbocycles. The fourth-order valence-electron chi connectivity index (χ4n) is 3.37. The normalized spacial score (nSPS) is 22.6. The molecular weight excluding hydrogens is 332 g/mol. The van der Waals surface area contributed by atoms with Crippen molar-refractivity contribution < 1.29 is 9.47 Å². The van der Waals surface area contributed by atoms with Crippen molar-refractivity contribution >= 4 is 15.9 Å². The minimum atomic E-state index is 0.393. The summed E-state index contributed by atoms with van der Waals surface area (Å²) >= 11 is 3.61. The third-order valence-corrected chi connectivity index (χ3v) is 5.01. The van der Waals surface area contributed by atoms with Gasteiger partial charge in [-0.2, -0.15) is 0 Å². The molecule has 0 amide bonds. The van der Waals surface area contributed by atoms with Gasteiger partial charge in [-0.05, 0) is 59.9 Å². The lowest BCUT2D eigenvalue weighted by atomic mass is 9.93. The van der Waals surface area contributed by atoms with Crippen molar-refractivity contribution in [2.24, 2.45) is 11.7 Å². The van der Waals surface area contributed by atoms with Crippen LogP contribution in [0.2, 0.25) is 0 Å². The first-order valence-corrected chi connectivity index (χ1v) is 8.20. The standard InChI is InChI=1S/C16H25BrN2O2/c1-5-11-12(14-6-10(8-18)9-19(14)2)7-13(17)16(21-4)15(11)20-3/h7,10,14H,5-6,8-9,18H2,1-4H3. The van der Waals surface area contributed by atoms with Gasteiger partial charge >= 0.3 is 0 Å². The molecular formula is C16H25BrN2O2. The van der Waals surface area contributed by atoms with Crippen molar-refractivity contribution in [2.75, 3.05) is 34.4 Å². The Morgan fingerprint density at radius 1 is 1.33 bits per heavy atom. The highest BCUT2D eigenvalue weighted by molar-refractivity contribution is 9.10. The maximum Gasteiger partial charge on any atom is 0.175 e. The molecule has 0 bridgehead atoms. The molecule has 4 nitrogen and oxygen atoms in total. The average Bonchev–Trinajstić information content (AvgIpc) is 2.86. The number of methoxy groups -OCH3 is 2. The van der Waals surface area contributed by atoms with E-state index in [1.54, 1.807) is 14.2 Å². The van der Waals surface area contributed by atoms with Crippen LogP contribution in [0.1, 0.15) is 30.5 Å². The Hall–Kier alpha value is -0.780. The van der Waals surface area contributed by atoms with Crippen LogP contribution >= 0.6 is 15.9 Å². The molecule has 2 atom stereocenters. The molecule has 1 fully saturated rings. The summed E-state index contributed by atoms with van der Waals surface area (Å²) in [7, 11) is 5.55. The number of nitrogens with zero attached hydrogens (tertiary/aromatic N) is 1. The van der Waals surface area contributed by atoms with Crippen molar-refractivity contribution in [2.45, 2.75) is 25.8 Å². The Morgan fingerprint density at radius 3 is 2.48 bits per heavy atom. The van der Waals surface area contributed by atoms with E-state index in [1.165, 1.54) is 11.1 Å². The number of likely N-dealkylation sites (tertiary alicyclic amines) is 1. The number of rotatable bonds is 5. The van der Waals surface area contributed by atoms with Gasteiger partial charge in [0.05, 0.1) is 18.7 Å². The summed E-state index contributed by atoms with van der Waals surface area (Å²) in [4.78, 5) is 2.39. The summed E-state index contributed by atoms with van der Waals surface area (Å²) < 4.78 is 12.1. The van der Waals surface area contributed by atoms with Crippen LogP contribution in [0.4, 0.5) is 0 Å². The molecule has 0 aliphatic carbocycles. The Labute approximate surface area is 135 Å². The zero-order valence-electron chi connectivity index (χ0n) is 13.3. The largest absolute Gasteiger partial charge is 0.493 e. The summed E-state index contributed by atoms with van der Waals surface area (Å²) in [5, 5.41) is 0. The predicted molar refractivity (Wildman–Crippen MR) is 89.2 cm³/mol. The van der Waals surface area contributed by atoms with Gasteiger partial charge in [-0.25, -0.2) is 0 Å². The molecule has 5 heteroatoms. The van der Waals surface area contributed by atoms with E-state index in [0.717, 1.165) is 41.9 Å². The van der Waals surface area contributed by atoms with Crippen LogP contribution in [-0.2, 0) is 6.42 Å². The Balaban J connectivity index is 2.51. The van der Waals surface area contributed by atoms with Gasteiger partial charge in [0.15, 0.2) is 11.5 Å². The van der Waals surface area contributed by atoms with Gasteiger partial charge in [0, 0.05) is 18.2 Å². The van der Waals surface area contributed by atoms with E-state index in [9.17, 15) is 0 Å². The van der Waals surface area contributed by atoms with Gasteiger partial charge < -0.3 is 15.2 Å². The number of halogens is 1. The molecule has 1 heterocycles.